The maximum Gasteiger partial charge on any atom is 0.408 e. The van der Waals surface area contributed by atoms with Crippen LogP contribution in [0.4, 0.5) is 10.6 Å². The third-order valence-electron chi connectivity index (χ3n) is 3.66. The molecule has 1 aromatic carbocycles. The molecule has 0 radical (unpaired) electrons. The quantitative estimate of drug-likeness (QED) is 0.742. The van der Waals surface area contributed by atoms with E-state index in [0.717, 1.165) is 5.56 Å². The summed E-state index contributed by atoms with van der Waals surface area (Å²) in [6.07, 6.45) is 1.02. The number of hydrogen-bond acceptors (Lipinski definition) is 7. The number of esters is 1. The molecule has 1 heterocycles. The minimum atomic E-state index is -0.911. The third kappa shape index (κ3) is 5.83. The molecule has 0 aliphatic carbocycles. The molecule has 0 spiro atoms. The van der Waals surface area contributed by atoms with Crippen LogP contribution in [0.25, 0.3) is 5.69 Å². The van der Waals surface area contributed by atoms with Crippen LogP contribution in [0.3, 0.4) is 0 Å². The molecule has 0 unspecified atom stereocenters. The summed E-state index contributed by atoms with van der Waals surface area (Å²) in [5.41, 5.74) is 5.66. The highest BCUT2D eigenvalue weighted by Crippen LogP contribution is 2.12. The number of carbonyl (C=O) groups is 2. The zero-order valence-electron chi connectivity index (χ0n) is 16.3. The Kier molecular flexibility index (Phi) is 6.40. The van der Waals surface area contributed by atoms with Gasteiger partial charge in [0.25, 0.3) is 0 Å². The van der Waals surface area contributed by atoms with E-state index in [1.54, 1.807) is 45.0 Å². The lowest BCUT2D eigenvalue weighted by Gasteiger charge is -2.22. The fourth-order valence-corrected chi connectivity index (χ4v) is 2.43. The Balaban J connectivity index is 2.15. The van der Waals surface area contributed by atoms with Crippen molar-refractivity contribution in [3.8, 4) is 5.69 Å². The maximum atomic E-state index is 12.0. The Labute approximate surface area is 162 Å². The van der Waals surface area contributed by atoms with Crippen molar-refractivity contribution in [2.24, 2.45) is 0 Å². The second-order valence-corrected chi connectivity index (χ2v) is 7.10. The van der Waals surface area contributed by atoms with E-state index in [9.17, 15) is 14.4 Å². The van der Waals surface area contributed by atoms with Crippen molar-refractivity contribution in [3.63, 3.8) is 0 Å². The number of nitrogens with one attached hydrogen (secondary N) is 1. The van der Waals surface area contributed by atoms with Crippen LogP contribution < -0.4 is 16.7 Å². The number of carbonyl (C=O) groups excluding carboxylic acids is 2. The average Bonchev–Trinajstić information content (AvgIpc) is 2.60. The van der Waals surface area contributed by atoms with Gasteiger partial charge < -0.3 is 20.5 Å². The second kappa shape index (κ2) is 8.55. The van der Waals surface area contributed by atoms with Crippen molar-refractivity contribution in [3.05, 3.63) is 52.6 Å². The summed E-state index contributed by atoms with van der Waals surface area (Å²) in [6, 6.07) is 7.50. The standard InChI is InChI=1S/C19H24N4O5/c1-19(2,3)28-18(26)21-14(16(24)27-4)11-12-5-7-13(8-6-12)23-10-9-15(20)22-17(23)25/h5-10,14H,11H2,1-4H3,(H,21,26)(H2,20,22,25)/t14-/m0/s1. The summed E-state index contributed by atoms with van der Waals surface area (Å²) in [4.78, 5) is 39.6. The van der Waals surface area contributed by atoms with Crippen LogP contribution in [-0.4, -0.2) is 40.4 Å². The molecule has 2 aromatic rings. The SMILES string of the molecule is COC(=O)[C@H](Cc1ccc(-n2ccc(N)nc2=O)cc1)NC(=O)OC(C)(C)C. The molecule has 0 fully saturated rings. The Bertz CT molecular complexity index is 900. The number of benzene rings is 1. The molecule has 150 valence electrons. The molecule has 9 heteroatoms. The molecular weight excluding hydrogens is 364 g/mol. The van der Waals surface area contributed by atoms with Crippen molar-refractivity contribution < 1.29 is 19.1 Å². The highest BCUT2D eigenvalue weighted by atomic mass is 16.6. The van der Waals surface area contributed by atoms with Crippen LogP contribution >= 0.6 is 0 Å². The van der Waals surface area contributed by atoms with Crippen LogP contribution in [0.15, 0.2) is 41.3 Å². The van der Waals surface area contributed by atoms with E-state index in [4.69, 9.17) is 15.2 Å². The van der Waals surface area contributed by atoms with Crippen LogP contribution in [0.1, 0.15) is 26.3 Å². The predicted molar refractivity (Wildman–Crippen MR) is 103 cm³/mol. The number of nitrogens with two attached hydrogens (primary N) is 1. The summed E-state index contributed by atoms with van der Waals surface area (Å²) in [5.74, 6) is -0.444. The van der Waals surface area contributed by atoms with E-state index < -0.39 is 29.4 Å². The average molecular weight is 388 g/mol. The number of rotatable bonds is 5. The summed E-state index contributed by atoms with van der Waals surface area (Å²) in [7, 11) is 1.25. The highest BCUT2D eigenvalue weighted by Gasteiger charge is 2.25. The lowest BCUT2D eigenvalue weighted by Crippen LogP contribution is -2.45. The molecule has 1 amide bonds. The molecule has 0 saturated carbocycles. The van der Waals surface area contributed by atoms with Crippen LogP contribution in [0, 0.1) is 0 Å². The summed E-state index contributed by atoms with van der Waals surface area (Å²) in [6.45, 7) is 5.19. The smallest absolute Gasteiger partial charge is 0.408 e. The van der Waals surface area contributed by atoms with Gasteiger partial charge in [0.05, 0.1) is 12.8 Å². The monoisotopic (exact) mass is 388 g/mol. The number of methoxy groups -OCH3 is 1. The lowest BCUT2D eigenvalue weighted by atomic mass is 10.1. The number of amides is 1. The van der Waals surface area contributed by atoms with E-state index in [1.807, 2.05) is 0 Å². The minimum absolute atomic E-state index is 0.145. The molecule has 0 aliphatic rings. The van der Waals surface area contributed by atoms with Crippen molar-refractivity contribution in [2.75, 3.05) is 12.8 Å². The van der Waals surface area contributed by atoms with Gasteiger partial charge in [-0.25, -0.2) is 14.4 Å². The van der Waals surface area contributed by atoms with Crippen LogP contribution in [-0.2, 0) is 20.7 Å². The number of anilines is 1. The van der Waals surface area contributed by atoms with Gasteiger partial charge in [-0.2, -0.15) is 4.98 Å². The maximum absolute atomic E-state index is 12.0. The number of nitrogen functional groups attached to an aromatic ring is 1. The summed E-state index contributed by atoms with van der Waals surface area (Å²) in [5, 5.41) is 2.52. The minimum Gasteiger partial charge on any atom is -0.467 e. The lowest BCUT2D eigenvalue weighted by molar-refractivity contribution is -0.143. The molecule has 1 atom stereocenters. The van der Waals surface area contributed by atoms with E-state index in [-0.39, 0.29) is 12.2 Å². The van der Waals surface area contributed by atoms with Gasteiger partial charge in [0.1, 0.15) is 17.5 Å². The van der Waals surface area contributed by atoms with Gasteiger partial charge in [-0.1, -0.05) is 12.1 Å². The highest BCUT2D eigenvalue weighted by molar-refractivity contribution is 5.81. The van der Waals surface area contributed by atoms with Gasteiger partial charge in [0.15, 0.2) is 0 Å². The molecular formula is C19H24N4O5. The number of hydrogen-bond donors (Lipinski definition) is 2. The van der Waals surface area contributed by atoms with E-state index in [1.165, 1.54) is 23.9 Å². The Hall–Kier alpha value is -3.36. The fraction of sp³-hybridized carbons (Fsp3) is 0.368. The number of alkyl carbamates (subject to hydrolysis) is 1. The third-order valence-corrected chi connectivity index (χ3v) is 3.66. The van der Waals surface area contributed by atoms with E-state index in [0.29, 0.717) is 5.69 Å². The van der Waals surface area contributed by atoms with Crippen LogP contribution in [0.2, 0.25) is 0 Å². The summed E-state index contributed by atoms with van der Waals surface area (Å²) >= 11 is 0. The molecule has 9 nitrogen and oxygen atoms in total. The first-order valence-corrected chi connectivity index (χ1v) is 8.61. The molecule has 28 heavy (non-hydrogen) atoms. The molecule has 0 saturated heterocycles. The first-order valence-electron chi connectivity index (χ1n) is 8.61. The molecule has 2 rings (SSSR count). The second-order valence-electron chi connectivity index (χ2n) is 7.10. The molecule has 1 aromatic heterocycles. The van der Waals surface area contributed by atoms with Gasteiger partial charge in [0.2, 0.25) is 0 Å². The Morgan fingerprint density at radius 3 is 2.39 bits per heavy atom. The largest absolute Gasteiger partial charge is 0.467 e. The van der Waals surface area contributed by atoms with Crippen molar-refractivity contribution in [1.82, 2.24) is 14.9 Å². The normalized spacial score (nSPS) is 12.1. The zero-order valence-corrected chi connectivity index (χ0v) is 16.3. The van der Waals surface area contributed by atoms with Gasteiger partial charge in [0, 0.05) is 12.6 Å². The Morgan fingerprint density at radius 1 is 1.21 bits per heavy atom. The zero-order chi connectivity index (χ0) is 20.9. The van der Waals surface area contributed by atoms with E-state index in [2.05, 4.69) is 10.3 Å². The molecule has 0 aliphatic heterocycles. The molecule has 3 N–H and O–H groups in total. The number of ether oxygens (including phenoxy) is 2. The fourth-order valence-electron chi connectivity index (χ4n) is 2.43. The van der Waals surface area contributed by atoms with Gasteiger partial charge in [-0.15, -0.1) is 0 Å². The van der Waals surface area contributed by atoms with Crippen molar-refractivity contribution in [1.29, 1.82) is 0 Å². The van der Waals surface area contributed by atoms with Gasteiger partial charge >= 0.3 is 17.8 Å². The van der Waals surface area contributed by atoms with Crippen molar-refractivity contribution in [2.45, 2.75) is 38.8 Å². The molecule has 0 bridgehead atoms. The Morgan fingerprint density at radius 2 is 1.86 bits per heavy atom. The number of nitrogens with zero attached hydrogens (tertiary/aromatic N) is 2. The van der Waals surface area contributed by atoms with Gasteiger partial charge in [-0.3, -0.25) is 4.57 Å². The number of aromatic nitrogens is 2. The van der Waals surface area contributed by atoms with Gasteiger partial charge in [-0.05, 0) is 44.5 Å². The first-order chi connectivity index (χ1) is 13.1. The van der Waals surface area contributed by atoms with Crippen LogP contribution in [0.5, 0.6) is 0 Å². The first kappa shape index (κ1) is 20.9. The topological polar surface area (TPSA) is 126 Å². The van der Waals surface area contributed by atoms with E-state index >= 15 is 0 Å². The predicted octanol–water partition coefficient (Wildman–Crippen LogP) is 1.42. The van der Waals surface area contributed by atoms with Crippen molar-refractivity contribution >= 4 is 17.9 Å². The summed E-state index contributed by atoms with van der Waals surface area (Å²) < 4.78 is 11.3.